The Balaban J connectivity index is 1.27. The van der Waals surface area contributed by atoms with E-state index < -0.39 is 11.9 Å². The van der Waals surface area contributed by atoms with Gasteiger partial charge in [0.2, 0.25) is 5.95 Å². The number of rotatable bonds is 8. The van der Waals surface area contributed by atoms with Crippen LogP contribution in [0.2, 0.25) is 5.02 Å². The van der Waals surface area contributed by atoms with E-state index in [2.05, 4.69) is 27.5 Å². The Morgan fingerprint density at radius 3 is 2.57 bits per heavy atom. The lowest BCUT2D eigenvalue weighted by molar-refractivity contribution is 0.0600. The molecular formula is C38H32ClFN6O5. The lowest BCUT2D eigenvalue weighted by Crippen LogP contribution is -2.14. The van der Waals surface area contributed by atoms with Crippen LogP contribution in [0.25, 0.3) is 11.3 Å². The van der Waals surface area contributed by atoms with Gasteiger partial charge in [-0.2, -0.15) is 0 Å². The van der Waals surface area contributed by atoms with Gasteiger partial charge in [-0.3, -0.25) is 9.79 Å². The van der Waals surface area contributed by atoms with Crippen molar-refractivity contribution in [2.75, 3.05) is 38.5 Å². The average Bonchev–Trinajstić information content (AvgIpc) is 3.29. The van der Waals surface area contributed by atoms with Crippen LogP contribution in [-0.4, -0.2) is 55.4 Å². The topological polar surface area (TPSA) is 150 Å². The van der Waals surface area contributed by atoms with Crippen molar-refractivity contribution in [2.24, 2.45) is 10.7 Å². The number of aliphatic imine (C=N–C) groups is 1. The SMILES string of the molecule is COC(=O)c1ccc(NC(=O)c2ccc(Nc3ncc4c(n3)-c3ccc(Cl)cc3C(C3=C(F)CCC=C3OC)=NC4)cc2OC)cc1C#CCN. The molecule has 0 radical (unpaired) electrons. The molecule has 0 saturated carbocycles. The van der Waals surface area contributed by atoms with Gasteiger partial charge >= 0.3 is 5.97 Å². The van der Waals surface area contributed by atoms with E-state index in [4.69, 9.17) is 41.5 Å². The van der Waals surface area contributed by atoms with E-state index in [9.17, 15) is 9.59 Å². The van der Waals surface area contributed by atoms with Gasteiger partial charge in [0.1, 0.15) is 17.3 Å². The number of nitrogens with zero attached hydrogens (tertiary/aromatic N) is 3. The van der Waals surface area contributed by atoms with Crippen molar-refractivity contribution in [1.82, 2.24) is 9.97 Å². The van der Waals surface area contributed by atoms with Crippen molar-refractivity contribution in [2.45, 2.75) is 19.4 Å². The highest BCUT2D eigenvalue weighted by Crippen LogP contribution is 2.38. The van der Waals surface area contributed by atoms with Crippen molar-refractivity contribution >= 4 is 46.5 Å². The molecule has 0 bridgehead atoms. The summed E-state index contributed by atoms with van der Waals surface area (Å²) in [7, 11) is 4.24. The van der Waals surface area contributed by atoms with E-state index in [1.54, 1.807) is 48.7 Å². The predicted octanol–water partition coefficient (Wildman–Crippen LogP) is 6.75. The molecule has 1 aliphatic carbocycles. The summed E-state index contributed by atoms with van der Waals surface area (Å²) >= 11 is 6.44. The monoisotopic (exact) mass is 706 g/mol. The van der Waals surface area contributed by atoms with Gasteiger partial charge in [-0.1, -0.05) is 29.5 Å². The first-order valence-electron chi connectivity index (χ1n) is 15.8. The van der Waals surface area contributed by atoms with Crippen LogP contribution in [0, 0.1) is 11.8 Å². The van der Waals surface area contributed by atoms with Gasteiger partial charge in [-0.05, 0) is 55.0 Å². The van der Waals surface area contributed by atoms with Gasteiger partial charge in [-0.15, -0.1) is 0 Å². The maximum atomic E-state index is 15.3. The standard InChI is InChI=1S/C38H32ClFN6O5/c1-49-31-8-4-7-30(40)33(31)35-29-17-23(39)9-12-27(29)34-22(19-42-35)20-43-38(46-34)45-25-11-14-28(32(18-25)50-2)36(47)44-24-10-13-26(37(48)51-3)21(16-24)6-5-15-41/h8-14,16-18,20H,4,7,15,19,41H2,1-3H3,(H,44,47)(H,43,45,46). The first kappa shape index (κ1) is 34.8. The number of hydrogen-bond donors (Lipinski definition) is 3. The average molecular weight is 707 g/mol. The number of benzene rings is 3. The smallest absolute Gasteiger partial charge is 0.339 e. The summed E-state index contributed by atoms with van der Waals surface area (Å²) in [5, 5.41) is 6.47. The van der Waals surface area contributed by atoms with Gasteiger partial charge < -0.3 is 30.6 Å². The fourth-order valence-electron chi connectivity index (χ4n) is 5.76. The highest BCUT2D eigenvalue weighted by atomic mass is 35.5. The summed E-state index contributed by atoms with van der Waals surface area (Å²) in [4.78, 5) is 39.7. The summed E-state index contributed by atoms with van der Waals surface area (Å²) in [6, 6.07) is 14.9. The summed E-state index contributed by atoms with van der Waals surface area (Å²) in [6.07, 6.45) is 4.31. The summed E-state index contributed by atoms with van der Waals surface area (Å²) in [5.74, 6) is 5.22. The van der Waals surface area contributed by atoms with Crippen molar-refractivity contribution in [1.29, 1.82) is 0 Å². The van der Waals surface area contributed by atoms with Crippen LogP contribution in [0.4, 0.5) is 21.7 Å². The van der Waals surface area contributed by atoms with Gasteiger partial charge in [0.05, 0.1) is 62.5 Å². The third-order valence-corrected chi connectivity index (χ3v) is 8.38. The molecule has 0 spiro atoms. The number of carbonyl (C=O) groups excluding carboxylic acids is 2. The normalized spacial score (nSPS) is 13.3. The number of hydrogen-bond acceptors (Lipinski definition) is 10. The van der Waals surface area contributed by atoms with Crippen molar-refractivity contribution < 1.29 is 28.2 Å². The number of nitrogens with two attached hydrogens (primary N) is 1. The number of allylic oxidation sites excluding steroid dienone is 3. The van der Waals surface area contributed by atoms with Gasteiger partial charge in [-0.25, -0.2) is 19.2 Å². The molecule has 51 heavy (non-hydrogen) atoms. The second-order valence-corrected chi connectivity index (χ2v) is 11.7. The maximum Gasteiger partial charge on any atom is 0.339 e. The van der Waals surface area contributed by atoms with E-state index in [1.165, 1.54) is 27.4 Å². The molecule has 0 saturated heterocycles. The van der Waals surface area contributed by atoms with Crippen LogP contribution in [0.3, 0.4) is 0 Å². The number of esters is 1. The molecule has 3 aromatic carbocycles. The number of halogens is 2. The first-order valence-corrected chi connectivity index (χ1v) is 16.1. The number of aromatic nitrogens is 2. The second-order valence-electron chi connectivity index (χ2n) is 11.3. The molecule has 1 aliphatic heterocycles. The summed E-state index contributed by atoms with van der Waals surface area (Å²) in [6.45, 7) is 0.297. The zero-order valence-electron chi connectivity index (χ0n) is 27.9. The Kier molecular flexibility index (Phi) is 10.4. The molecule has 0 unspecified atom stereocenters. The number of anilines is 3. The van der Waals surface area contributed by atoms with E-state index in [1.807, 2.05) is 12.1 Å². The van der Waals surface area contributed by atoms with Crippen LogP contribution in [-0.2, 0) is 16.0 Å². The molecule has 1 amide bonds. The molecule has 1 aromatic heterocycles. The predicted molar refractivity (Wildman–Crippen MR) is 193 cm³/mol. The minimum atomic E-state index is -0.560. The lowest BCUT2D eigenvalue weighted by Gasteiger charge is -2.19. The molecule has 0 atom stereocenters. The van der Waals surface area contributed by atoms with Crippen LogP contribution < -0.4 is 21.1 Å². The highest BCUT2D eigenvalue weighted by molar-refractivity contribution is 6.31. The Hall–Kier alpha value is -6.03. The molecule has 0 fully saturated rings. The summed E-state index contributed by atoms with van der Waals surface area (Å²) < 4.78 is 31.3. The van der Waals surface area contributed by atoms with Crippen LogP contribution >= 0.6 is 11.6 Å². The number of ether oxygens (including phenoxy) is 3. The minimum Gasteiger partial charge on any atom is -0.496 e. The van der Waals surface area contributed by atoms with Crippen LogP contribution in [0.15, 0.2) is 89.0 Å². The fourth-order valence-corrected chi connectivity index (χ4v) is 5.94. The quantitative estimate of drug-likeness (QED) is 0.134. The van der Waals surface area contributed by atoms with E-state index in [-0.39, 0.29) is 48.2 Å². The number of methoxy groups -OCH3 is 3. The fraction of sp³-hybridized carbons (Fsp3) is 0.184. The third kappa shape index (κ3) is 7.30. The van der Waals surface area contributed by atoms with Gasteiger partial charge in [0.15, 0.2) is 0 Å². The van der Waals surface area contributed by atoms with Crippen LogP contribution in [0.1, 0.15) is 50.2 Å². The zero-order valence-corrected chi connectivity index (χ0v) is 28.7. The Morgan fingerprint density at radius 1 is 1.00 bits per heavy atom. The first-order chi connectivity index (χ1) is 24.7. The molecule has 4 N–H and O–H groups in total. The number of fused-ring (bicyclic) bond motifs is 3. The maximum absolute atomic E-state index is 15.3. The zero-order chi connectivity index (χ0) is 36.1. The second kappa shape index (κ2) is 15.2. The van der Waals surface area contributed by atoms with E-state index >= 15 is 4.39 Å². The molecule has 11 nitrogen and oxygen atoms in total. The lowest BCUT2D eigenvalue weighted by atomic mass is 9.91. The van der Waals surface area contributed by atoms with E-state index in [0.717, 1.165) is 5.56 Å². The molecule has 258 valence electrons. The highest BCUT2D eigenvalue weighted by Gasteiger charge is 2.28. The largest absolute Gasteiger partial charge is 0.496 e. The molecular weight excluding hydrogens is 675 g/mol. The molecule has 2 heterocycles. The van der Waals surface area contributed by atoms with Gasteiger partial charge in [0.25, 0.3) is 5.91 Å². The van der Waals surface area contributed by atoms with Crippen molar-refractivity contribution in [3.8, 4) is 28.8 Å². The van der Waals surface area contributed by atoms with E-state index in [0.29, 0.717) is 62.2 Å². The Labute approximate surface area is 298 Å². The number of amides is 1. The van der Waals surface area contributed by atoms with Gasteiger partial charge in [0, 0.05) is 57.3 Å². The molecule has 6 rings (SSSR count). The Bertz CT molecular complexity index is 2220. The third-order valence-electron chi connectivity index (χ3n) is 8.14. The van der Waals surface area contributed by atoms with Crippen molar-refractivity contribution in [3.05, 3.63) is 117 Å². The number of nitrogens with one attached hydrogen (secondary N) is 2. The number of carbonyl (C=O) groups is 2. The summed E-state index contributed by atoms with van der Waals surface area (Å²) in [5.41, 5.74) is 10.7. The minimum absolute atomic E-state index is 0.0932. The molecule has 4 aromatic rings. The molecule has 2 aliphatic rings. The molecule has 13 heteroatoms. The Morgan fingerprint density at radius 2 is 1.80 bits per heavy atom. The van der Waals surface area contributed by atoms with Crippen LogP contribution in [0.5, 0.6) is 5.75 Å². The van der Waals surface area contributed by atoms with Crippen molar-refractivity contribution in [3.63, 3.8) is 0 Å².